The van der Waals surface area contributed by atoms with Crippen molar-refractivity contribution in [3.63, 3.8) is 0 Å². The normalized spacial score (nSPS) is 10.2. The molecule has 0 aliphatic heterocycles. The number of benzene rings is 1. The van der Waals surface area contributed by atoms with Gasteiger partial charge in [-0.1, -0.05) is 6.07 Å². The SMILES string of the molecule is Cc1c(C(N)=O)ccc(F)c1-c1cccnc1. The zero-order valence-electron chi connectivity index (χ0n) is 9.27. The first-order valence-corrected chi connectivity index (χ1v) is 5.10. The van der Waals surface area contributed by atoms with Crippen LogP contribution in [-0.4, -0.2) is 10.9 Å². The monoisotopic (exact) mass is 230 g/mol. The molecule has 0 radical (unpaired) electrons. The van der Waals surface area contributed by atoms with Crippen LogP contribution in [-0.2, 0) is 0 Å². The molecular formula is C13H11FN2O. The highest BCUT2D eigenvalue weighted by Crippen LogP contribution is 2.27. The van der Waals surface area contributed by atoms with Gasteiger partial charge in [-0.25, -0.2) is 4.39 Å². The van der Waals surface area contributed by atoms with E-state index in [1.165, 1.54) is 12.1 Å². The predicted octanol–water partition coefficient (Wildman–Crippen LogP) is 2.30. The second kappa shape index (κ2) is 4.33. The van der Waals surface area contributed by atoms with Gasteiger partial charge in [0.1, 0.15) is 5.82 Å². The van der Waals surface area contributed by atoms with Crippen molar-refractivity contribution in [2.24, 2.45) is 5.73 Å². The number of amides is 1. The van der Waals surface area contributed by atoms with Gasteiger partial charge in [-0.3, -0.25) is 9.78 Å². The molecule has 0 aliphatic rings. The molecule has 4 heteroatoms. The lowest BCUT2D eigenvalue weighted by atomic mass is 9.96. The number of nitrogens with two attached hydrogens (primary N) is 1. The molecule has 1 heterocycles. The van der Waals surface area contributed by atoms with E-state index in [1.54, 1.807) is 31.5 Å². The zero-order chi connectivity index (χ0) is 12.4. The third kappa shape index (κ3) is 2.01. The molecule has 0 atom stereocenters. The van der Waals surface area contributed by atoms with Crippen LogP contribution in [0, 0.1) is 12.7 Å². The Morgan fingerprint density at radius 1 is 1.35 bits per heavy atom. The molecule has 86 valence electrons. The van der Waals surface area contributed by atoms with E-state index in [4.69, 9.17) is 5.73 Å². The van der Waals surface area contributed by atoms with Gasteiger partial charge in [-0.2, -0.15) is 0 Å². The molecule has 0 unspecified atom stereocenters. The van der Waals surface area contributed by atoms with Crippen LogP contribution in [0.25, 0.3) is 11.1 Å². The van der Waals surface area contributed by atoms with Crippen molar-refractivity contribution in [2.45, 2.75) is 6.92 Å². The Balaban J connectivity index is 2.69. The van der Waals surface area contributed by atoms with E-state index >= 15 is 0 Å². The van der Waals surface area contributed by atoms with E-state index in [0.717, 1.165) is 0 Å². The van der Waals surface area contributed by atoms with Crippen molar-refractivity contribution in [1.29, 1.82) is 0 Å². The van der Waals surface area contributed by atoms with Crippen molar-refractivity contribution in [1.82, 2.24) is 4.98 Å². The maximum absolute atomic E-state index is 13.8. The fourth-order valence-corrected chi connectivity index (χ4v) is 1.81. The van der Waals surface area contributed by atoms with Crippen LogP contribution >= 0.6 is 0 Å². The summed E-state index contributed by atoms with van der Waals surface area (Å²) < 4.78 is 13.8. The summed E-state index contributed by atoms with van der Waals surface area (Å²) in [5.74, 6) is -0.951. The van der Waals surface area contributed by atoms with Gasteiger partial charge in [0.05, 0.1) is 0 Å². The second-order valence-electron chi connectivity index (χ2n) is 3.70. The summed E-state index contributed by atoms with van der Waals surface area (Å²) in [6, 6.07) is 6.09. The topological polar surface area (TPSA) is 56.0 Å². The molecule has 1 amide bonds. The van der Waals surface area contributed by atoms with Crippen LogP contribution in [0.1, 0.15) is 15.9 Å². The molecule has 0 spiro atoms. The maximum Gasteiger partial charge on any atom is 0.248 e. The lowest BCUT2D eigenvalue weighted by Crippen LogP contribution is -2.13. The third-order valence-electron chi connectivity index (χ3n) is 2.63. The molecule has 1 aromatic carbocycles. The minimum Gasteiger partial charge on any atom is -0.366 e. The molecule has 0 aliphatic carbocycles. The highest BCUT2D eigenvalue weighted by Gasteiger charge is 2.14. The minimum atomic E-state index is -0.562. The molecule has 17 heavy (non-hydrogen) atoms. The van der Waals surface area contributed by atoms with Crippen LogP contribution in [0.4, 0.5) is 4.39 Å². The predicted molar refractivity (Wildman–Crippen MR) is 62.9 cm³/mol. The number of rotatable bonds is 2. The molecule has 2 N–H and O–H groups in total. The lowest BCUT2D eigenvalue weighted by Gasteiger charge is -2.10. The van der Waals surface area contributed by atoms with Crippen molar-refractivity contribution in [3.8, 4) is 11.1 Å². The summed E-state index contributed by atoms with van der Waals surface area (Å²) in [4.78, 5) is 15.1. The number of hydrogen-bond acceptors (Lipinski definition) is 2. The largest absolute Gasteiger partial charge is 0.366 e. The molecule has 0 saturated carbocycles. The van der Waals surface area contributed by atoms with E-state index in [1.807, 2.05) is 0 Å². The van der Waals surface area contributed by atoms with Crippen LogP contribution in [0.3, 0.4) is 0 Å². The average molecular weight is 230 g/mol. The quantitative estimate of drug-likeness (QED) is 0.860. The van der Waals surface area contributed by atoms with Crippen LogP contribution in [0.5, 0.6) is 0 Å². The standard InChI is InChI=1S/C13H11FN2O/c1-8-10(13(15)17)4-5-11(14)12(8)9-3-2-6-16-7-9/h2-7H,1H3,(H2,15,17). The highest BCUT2D eigenvalue weighted by molar-refractivity contribution is 5.96. The lowest BCUT2D eigenvalue weighted by molar-refractivity contribution is 0.0999. The smallest absolute Gasteiger partial charge is 0.248 e. The van der Waals surface area contributed by atoms with Crippen molar-refractivity contribution >= 4 is 5.91 Å². The molecule has 1 aromatic heterocycles. The molecular weight excluding hydrogens is 219 g/mol. The van der Waals surface area contributed by atoms with E-state index in [2.05, 4.69) is 4.98 Å². The fraction of sp³-hybridized carbons (Fsp3) is 0.0769. The average Bonchev–Trinajstić information content (AvgIpc) is 2.30. The summed E-state index contributed by atoms with van der Waals surface area (Å²) >= 11 is 0. The Kier molecular flexibility index (Phi) is 2.87. The Morgan fingerprint density at radius 2 is 2.12 bits per heavy atom. The number of halogens is 1. The summed E-state index contributed by atoms with van der Waals surface area (Å²) in [6.07, 6.45) is 3.16. The summed E-state index contributed by atoms with van der Waals surface area (Å²) in [6.45, 7) is 1.67. The molecule has 0 saturated heterocycles. The highest BCUT2D eigenvalue weighted by atomic mass is 19.1. The second-order valence-corrected chi connectivity index (χ2v) is 3.70. The Morgan fingerprint density at radius 3 is 2.71 bits per heavy atom. The van der Waals surface area contributed by atoms with Crippen LogP contribution in [0.2, 0.25) is 0 Å². The van der Waals surface area contributed by atoms with Crippen molar-refractivity contribution < 1.29 is 9.18 Å². The summed E-state index contributed by atoms with van der Waals surface area (Å²) in [5, 5.41) is 0. The first kappa shape index (κ1) is 11.3. The third-order valence-corrected chi connectivity index (χ3v) is 2.63. The van der Waals surface area contributed by atoms with Gasteiger partial charge in [0.2, 0.25) is 5.91 Å². The Hall–Kier alpha value is -2.23. The first-order valence-electron chi connectivity index (χ1n) is 5.10. The minimum absolute atomic E-state index is 0.324. The Bertz CT molecular complexity index is 567. The maximum atomic E-state index is 13.8. The van der Waals surface area contributed by atoms with Gasteiger partial charge < -0.3 is 5.73 Å². The van der Waals surface area contributed by atoms with Gasteiger partial charge in [-0.15, -0.1) is 0 Å². The number of pyridine rings is 1. The van der Waals surface area contributed by atoms with E-state index in [9.17, 15) is 9.18 Å². The number of hydrogen-bond donors (Lipinski definition) is 1. The number of carbonyl (C=O) groups is 1. The van der Waals surface area contributed by atoms with Gasteiger partial charge in [0.15, 0.2) is 0 Å². The van der Waals surface area contributed by atoms with Gasteiger partial charge in [-0.05, 0) is 30.7 Å². The zero-order valence-corrected chi connectivity index (χ0v) is 9.27. The molecule has 2 aromatic rings. The van der Waals surface area contributed by atoms with Crippen molar-refractivity contribution in [2.75, 3.05) is 0 Å². The number of primary amides is 1. The summed E-state index contributed by atoms with van der Waals surface area (Å²) in [5.41, 5.74) is 7.09. The van der Waals surface area contributed by atoms with E-state index < -0.39 is 5.91 Å². The van der Waals surface area contributed by atoms with Gasteiger partial charge in [0, 0.05) is 29.1 Å². The van der Waals surface area contributed by atoms with Crippen molar-refractivity contribution in [3.05, 3.63) is 53.6 Å². The first-order chi connectivity index (χ1) is 8.11. The number of carbonyl (C=O) groups excluding carboxylic acids is 1. The Labute approximate surface area is 98.1 Å². The van der Waals surface area contributed by atoms with Gasteiger partial charge >= 0.3 is 0 Å². The van der Waals surface area contributed by atoms with Gasteiger partial charge in [0.25, 0.3) is 0 Å². The number of nitrogens with zero attached hydrogens (tertiary/aromatic N) is 1. The van der Waals surface area contributed by atoms with E-state index in [-0.39, 0.29) is 5.82 Å². The molecule has 0 bridgehead atoms. The van der Waals surface area contributed by atoms with E-state index in [0.29, 0.717) is 22.3 Å². The number of aromatic nitrogens is 1. The van der Waals surface area contributed by atoms with Crippen LogP contribution in [0.15, 0.2) is 36.7 Å². The summed E-state index contributed by atoms with van der Waals surface area (Å²) in [7, 11) is 0. The molecule has 2 rings (SSSR count). The fourth-order valence-electron chi connectivity index (χ4n) is 1.81. The molecule has 3 nitrogen and oxygen atoms in total. The van der Waals surface area contributed by atoms with Crippen LogP contribution < -0.4 is 5.73 Å². The molecule has 0 fully saturated rings.